The first-order valence-electron chi connectivity index (χ1n) is 5.24. The standard InChI is InChI=1S/C11H16N4O/c1-2-6-15-9-10(8-14-15)4-3-5-13-11(16)7-12/h8-9H,2,5-7,12H2,1H3,(H,13,16). The molecule has 0 aliphatic heterocycles. The summed E-state index contributed by atoms with van der Waals surface area (Å²) in [5.74, 6) is 5.55. The number of hydrogen-bond acceptors (Lipinski definition) is 3. The van der Waals surface area contributed by atoms with Crippen LogP contribution in [0.4, 0.5) is 0 Å². The van der Waals surface area contributed by atoms with Crippen LogP contribution in [0.5, 0.6) is 0 Å². The number of carbonyl (C=O) groups is 1. The highest BCUT2D eigenvalue weighted by Crippen LogP contribution is 1.95. The van der Waals surface area contributed by atoms with Crippen LogP contribution < -0.4 is 11.1 Å². The number of aryl methyl sites for hydroxylation is 1. The highest BCUT2D eigenvalue weighted by molar-refractivity contribution is 5.77. The van der Waals surface area contributed by atoms with Gasteiger partial charge in [-0.05, 0) is 6.42 Å². The summed E-state index contributed by atoms with van der Waals surface area (Å²) in [4.78, 5) is 10.8. The fourth-order valence-electron chi connectivity index (χ4n) is 1.14. The fraction of sp³-hybridized carbons (Fsp3) is 0.455. The summed E-state index contributed by atoms with van der Waals surface area (Å²) in [7, 11) is 0. The molecular formula is C11H16N4O. The lowest BCUT2D eigenvalue weighted by atomic mass is 10.3. The van der Waals surface area contributed by atoms with Gasteiger partial charge < -0.3 is 11.1 Å². The Labute approximate surface area is 95.0 Å². The van der Waals surface area contributed by atoms with Crippen molar-refractivity contribution in [3.8, 4) is 11.8 Å². The number of nitrogens with zero attached hydrogens (tertiary/aromatic N) is 2. The van der Waals surface area contributed by atoms with Crippen molar-refractivity contribution in [2.75, 3.05) is 13.1 Å². The summed E-state index contributed by atoms with van der Waals surface area (Å²) < 4.78 is 1.85. The predicted octanol–water partition coefficient (Wildman–Crippen LogP) is -0.280. The van der Waals surface area contributed by atoms with E-state index < -0.39 is 0 Å². The Bertz CT molecular complexity index is 400. The van der Waals surface area contributed by atoms with Gasteiger partial charge in [0, 0.05) is 12.7 Å². The van der Waals surface area contributed by atoms with Crippen LogP contribution in [0.15, 0.2) is 12.4 Å². The monoisotopic (exact) mass is 220 g/mol. The average molecular weight is 220 g/mol. The van der Waals surface area contributed by atoms with E-state index >= 15 is 0 Å². The normalized spacial score (nSPS) is 9.38. The lowest BCUT2D eigenvalue weighted by Crippen LogP contribution is -2.30. The molecule has 1 aromatic rings. The second kappa shape index (κ2) is 6.64. The summed E-state index contributed by atoms with van der Waals surface area (Å²) in [6.45, 7) is 3.30. The number of aromatic nitrogens is 2. The van der Waals surface area contributed by atoms with Crippen LogP contribution >= 0.6 is 0 Å². The van der Waals surface area contributed by atoms with E-state index in [2.05, 4.69) is 29.2 Å². The third-order valence-electron chi connectivity index (χ3n) is 1.88. The smallest absolute Gasteiger partial charge is 0.234 e. The molecule has 0 atom stereocenters. The fourth-order valence-corrected chi connectivity index (χ4v) is 1.14. The van der Waals surface area contributed by atoms with Crippen molar-refractivity contribution in [1.29, 1.82) is 0 Å². The zero-order chi connectivity index (χ0) is 11.8. The Kier molecular flexibility index (Phi) is 5.09. The van der Waals surface area contributed by atoms with E-state index in [9.17, 15) is 4.79 Å². The maximum Gasteiger partial charge on any atom is 0.234 e. The molecule has 1 rings (SSSR count). The summed E-state index contributed by atoms with van der Waals surface area (Å²) in [6.07, 6.45) is 4.65. The lowest BCUT2D eigenvalue weighted by molar-refractivity contribution is -0.119. The van der Waals surface area contributed by atoms with Gasteiger partial charge in [0.2, 0.25) is 5.91 Å². The molecule has 0 aromatic carbocycles. The first-order chi connectivity index (χ1) is 7.76. The van der Waals surface area contributed by atoms with Crippen molar-refractivity contribution >= 4 is 5.91 Å². The maximum atomic E-state index is 10.8. The minimum absolute atomic E-state index is 0.00386. The topological polar surface area (TPSA) is 72.9 Å². The molecule has 0 saturated carbocycles. The quantitative estimate of drug-likeness (QED) is 0.685. The van der Waals surface area contributed by atoms with Crippen molar-refractivity contribution in [2.24, 2.45) is 5.73 Å². The van der Waals surface area contributed by atoms with Gasteiger partial charge in [-0.25, -0.2) is 0 Å². The van der Waals surface area contributed by atoms with Gasteiger partial charge in [-0.1, -0.05) is 18.8 Å². The van der Waals surface area contributed by atoms with Gasteiger partial charge in [-0.3, -0.25) is 9.48 Å². The van der Waals surface area contributed by atoms with E-state index in [1.165, 1.54) is 0 Å². The SMILES string of the molecule is CCCn1cc(C#CCNC(=O)CN)cn1. The zero-order valence-electron chi connectivity index (χ0n) is 9.36. The third kappa shape index (κ3) is 4.15. The molecule has 0 bridgehead atoms. The molecule has 0 saturated heterocycles. The summed E-state index contributed by atoms with van der Waals surface area (Å²) in [6, 6.07) is 0. The molecule has 1 aromatic heterocycles. The average Bonchev–Trinajstić information content (AvgIpc) is 2.72. The lowest BCUT2D eigenvalue weighted by Gasteiger charge is -1.94. The number of hydrogen-bond donors (Lipinski definition) is 2. The zero-order valence-corrected chi connectivity index (χ0v) is 9.36. The van der Waals surface area contributed by atoms with Crippen molar-refractivity contribution < 1.29 is 4.79 Å². The minimum atomic E-state index is -0.198. The van der Waals surface area contributed by atoms with Gasteiger partial charge in [0.15, 0.2) is 0 Å². The number of carbonyl (C=O) groups excluding carboxylic acids is 1. The third-order valence-corrected chi connectivity index (χ3v) is 1.88. The molecule has 0 fully saturated rings. The molecule has 0 spiro atoms. The number of nitrogens with one attached hydrogen (secondary N) is 1. The number of rotatable bonds is 4. The number of nitrogens with two attached hydrogens (primary N) is 1. The van der Waals surface area contributed by atoms with Gasteiger partial charge in [-0.2, -0.15) is 5.10 Å². The van der Waals surface area contributed by atoms with Gasteiger partial charge >= 0.3 is 0 Å². The van der Waals surface area contributed by atoms with Crippen LogP contribution in [0, 0.1) is 11.8 Å². The Morgan fingerprint density at radius 2 is 2.50 bits per heavy atom. The van der Waals surface area contributed by atoms with E-state index in [1.54, 1.807) is 6.20 Å². The van der Waals surface area contributed by atoms with Crippen LogP contribution in [-0.2, 0) is 11.3 Å². The highest BCUT2D eigenvalue weighted by atomic mass is 16.1. The number of amides is 1. The molecular weight excluding hydrogens is 204 g/mol. The molecule has 0 radical (unpaired) electrons. The molecule has 0 aliphatic carbocycles. The maximum absolute atomic E-state index is 10.8. The van der Waals surface area contributed by atoms with E-state index in [-0.39, 0.29) is 12.5 Å². The molecule has 0 aliphatic rings. The summed E-state index contributed by atoms with van der Waals surface area (Å²) >= 11 is 0. The largest absolute Gasteiger partial charge is 0.344 e. The molecule has 0 unspecified atom stereocenters. The van der Waals surface area contributed by atoms with E-state index in [0.29, 0.717) is 6.54 Å². The Balaban J connectivity index is 2.40. The van der Waals surface area contributed by atoms with Gasteiger partial charge in [-0.15, -0.1) is 0 Å². The van der Waals surface area contributed by atoms with Crippen molar-refractivity contribution in [3.63, 3.8) is 0 Å². The van der Waals surface area contributed by atoms with Gasteiger partial charge in [0.1, 0.15) is 0 Å². The van der Waals surface area contributed by atoms with Crippen molar-refractivity contribution in [2.45, 2.75) is 19.9 Å². The molecule has 16 heavy (non-hydrogen) atoms. The van der Waals surface area contributed by atoms with Gasteiger partial charge in [0.05, 0.1) is 24.8 Å². The Morgan fingerprint density at radius 1 is 1.69 bits per heavy atom. The van der Waals surface area contributed by atoms with E-state index in [4.69, 9.17) is 5.73 Å². The van der Waals surface area contributed by atoms with Crippen LogP contribution in [0.2, 0.25) is 0 Å². The first kappa shape index (κ1) is 12.3. The Morgan fingerprint density at radius 3 is 3.19 bits per heavy atom. The Hall–Kier alpha value is -1.80. The summed E-state index contributed by atoms with van der Waals surface area (Å²) in [5.41, 5.74) is 5.99. The van der Waals surface area contributed by atoms with E-state index in [0.717, 1.165) is 18.5 Å². The predicted molar refractivity (Wildman–Crippen MR) is 61.5 cm³/mol. The van der Waals surface area contributed by atoms with Crippen LogP contribution in [0.1, 0.15) is 18.9 Å². The van der Waals surface area contributed by atoms with Crippen molar-refractivity contribution in [3.05, 3.63) is 18.0 Å². The molecule has 1 amide bonds. The molecule has 86 valence electrons. The molecule has 1 heterocycles. The minimum Gasteiger partial charge on any atom is -0.344 e. The van der Waals surface area contributed by atoms with Gasteiger partial charge in [0.25, 0.3) is 0 Å². The first-order valence-corrected chi connectivity index (χ1v) is 5.24. The summed E-state index contributed by atoms with van der Waals surface area (Å²) in [5, 5.41) is 6.71. The second-order valence-electron chi connectivity index (χ2n) is 3.27. The molecule has 3 N–H and O–H groups in total. The van der Waals surface area contributed by atoms with E-state index in [1.807, 2.05) is 10.9 Å². The molecule has 5 heteroatoms. The van der Waals surface area contributed by atoms with Crippen LogP contribution in [0.25, 0.3) is 0 Å². The second-order valence-corrected chi connectivity index (χ2v) is 3.27. The van der Waals surface area contributed by atoms with Crippen LogP contribution in [0.3, 0.4) is 0 Å². The highest BCUT2D eigenvalue weighted by Gasteiger charge is 1.94. The van der Waals surface area contributed by atoms with Crippen molar-refractivity contribution in [1.82, 2.24) is 15.1 Å². The van der Waals surface area contributed by atoms with Crippen LogP contribution in [-0.4, -0.2) is 28.8 Å². The molecule has 5 nitrogen and oxygen atoms in total.